The van der Waals surface area contributed by atoms with E-state index in [4.69, 9.17) is 4.42 Å². The van der Waals surface area contributed by atoms with Crippen LogP contribution in [0.5, 0.6) is 0 Å². The van der Waals surface area contributed by atoms with Crippen LogP contribution in [0, 0.1) is 19.8 Å². The van der Waals surface area contributed by atoms with E-state index in [1.807, 2.05) is 32.0 Å². The van der Waals surface area contributed by atoms with Gasteiger partial charge in [0.15, 0.2) is 5.76 Å². The average Bonchev–Trinajstić information content (AvgIpc) is 3.41. The zero-order valence-corrected chi connectivity index (χ0v) is 17.3. The Labute approximate surface area is 180 Å². The fourth-order valence-corrected chi connectivity index (χ4v) is 3.61. The van der Waals surface area contributed by atoms with E-state index in [1.165, 1.54) is 6.26 Å². The molecule has 1 aliphatic heterocycles. The Hall–Kier alpha value is -3.87. The van der Waals surface area contributed by atoms with Crippen LogP contribution in [0.1, 0.15) is 28.1 Å². The van der Waals surface area contributed by atoms with Crippen molar-refractivity contribution < 1.29 is 18.8 Å². The third-order valence-corrected chi connectivity index (χ3v) is 5.31. The second-order valence-corrected chi connectivity index (χ2v) is 7.69. The molecule has 1 atom stereocenters. The number of carbonyl (C=O) groups is 3. The summed E-state index contributed by atoms with van der Waals surface area (Å²) in [5, 5.41) is 5.58. The molecule has 2 aromatic carbocycles. The number of aryl methyl sites for hydroxylation is 2. The minimum atomic E-state index is -0.425. The molecule has 0 spiro atoms. The van der Waals surface area contributed by atoms with Crippen LogP contribution in [-0.4, -0.2) is 24.3 Å². The molecule has 31 heavy (non-hydrogen) atoms. The van der Waals surface area contributed by atoms with Crippen LogP contribution >= 0.6 is 0 Å². The van der Waals surface area contributed by atoms with Crippen molar-refractivity contribution in [2.24, 2.45) is 5.92 Å². The number of hydrogen-bond acceptors (Lipinski definition) is 4. The van der Waals surface area contributed by atoms with Gasteiger partial charge in [0.05, 0.1) is 12.2 Å². The third kappa shape index (κ3) is 4.50. The summed E-state index contributed by atoms with van der Waals surface area (Å²) in [5.74, 6) is -0.807. The minimum Gasteiger partial charge on any atom is -0.459 e. The summed E-state index contributed by atoms with van der Waals surface area (Å²) in [6, 6.07) is 16.0. The van der Waals surface area contributed by atoms with E-state index in [0.29, 0.717) is 17.9 Å². The number of furan rings is 1. The number of anilines is 3. The first kappa shape index (κ1) is 20.4. The zero-order valence-electron chi connectivity index (χ0n) is 17.3. The molecular formula is C24H23N3O4. The summed E-state index contributed by atoms with van der Waals surface area (Å²) in [6.07, 6.45) is 1.61. The largest absolute Gasteiger partial charge is 0.459 e. The van der Waals surface area contributed by atoms with E-state index in [-0.39, 0.29) is 29.9 Å². The van der Waals surface area contributed by atoms with Crippen molar-refractivity contribution in [1.29, 1.82) is 0 Å². The lowest BCUT2D eigenvalue weighted by Crippen LogP contribution is -2.28. The average molecular weight is 417 g/mol. The van der Waals surface area contributed by atoms with Gasteiger partial charge in [0, 0.05) is 30.0 Å². The number of amides is 3. The molecule has 0 aliphatic carbocycles. The van der Waals surface area contributed by atoms with Gasteiger partial charge in [-0.2, -0.15) is 0 Å². The van der Waals surface area contributed by atoms with Crippen molar-refractivity contribution in [1.82, 2.24) is 0 Å². The van der Waals surface area contributed by atoms with E-state index < -0.39 is 5.92 Å². The maximum atomic E-state index is 12.7. The van der Waals surface area contributed by atoms with Gasteiger partial charge in [0.2, 0.25) is 11.8 Å². The Morgan fingerprint density at radius 2 is 1.71 bits per heavy atom. The Bertz CT molecular complexity index is 1120. The first-order valence-corrected chi connectivity index (χ1v) is 10.0. The molecular weight excluding hydrogens is 394 g/mol. The molecule has 0 bridgehead atoms. The smallest absolute Gasteiger partial charge is 0.291 e. The van der Waals surface area contributed by atoms with Crippen LogP contribution in [0.2, 0.25) is 0 Å². The Morgan fingerprint density at radius 3 is 2.39 bits per heavy atom. The summed E-state index contributed by atoms with van der Waals surface area (Å²) >= 11 is 0. The molecule has 158 valence electrons. The monoisotopic (exact) mass is 417 g/mol. The topological polar surface area (TPSA) is 91.7 Å². The molecule has 3 amide bonds. The molecule has 1 aliphatic rings. The van der Waals surface area contributed by atoms with E-state index in [2.05, 4.69) is 10.6 Å². The minimum absolute atomic E-state index is 0.0511. The maximum absolute atomic E-state index is 12.7. The van der Waals surface area contributed by atoms with Crippen LogP contribution in [0.15, 0.2) is 65.3 Å². The van der Waals surface area contributed by atoms with Crippen LogP contribution in [0.25, 0.3) is 0 Å². The summed E-state index contributed by atoms with van der Waals surface area (Å²) in [5.41, 5.74) is 4.11. The van der Waals surface area contributed by atoms with Gasteiger partial charge in [-0.1, -0.05) is 12.1 Å². The lowest BCUT2D eigenvalue weighted by atomic mass is 10.1. The lowest BCUT2D eigenvalue weighted by molar-refractivity contribution is -0.122. The zero-order chi connectivity index (χ0) is 22.0. The highest BCUT2D eigenvalue weighted by Crippen LogP contribution is 2.29. The van der Waals surface area contributed by atoms with Gasteiger partial charge < -0.3 is 20.0 Å². The van der Waals surface area contributed by atoms with Crippen LogP contribution in [0.4, 0.5) is 17.1 Å². The van der Waals surface area contributed by atoms with Gasteiger partial charge in [0.25, 0.3) is 5.91 Å². The molecule has 7 nitrogen and oxygen atoms in total. The number of hydrogen-bond donors (Lipinski definition) is 2. The van der Waals surface area contributed by atoms with E-state index in [1.54, 1.807) is 41.3 Å². The molecule has 1 saturated heterocycles. The van der Waals surface area contributed by atoms with Crippen molar-refractivity contribution in [2.45, 2.75) is 20.3 Å². The van der Waals surface area contributed by atoms with Gasteiger partial charge in [-0.05, 0) is 67.4 Å². The van der Waals surface area contributed by atoms with Crippen molar-refractivity contribution in [3.05, 3.63) is 77.7 Å². The predicted molar refractivity (Wildman–Crippen MR) is 118 cm³/mol. The number of nitrogens with zero attached hydrogens (tertiary/aromatic N) is 1. The van der Waals surface area contributed by atoms with Crippen LogP contribution in [-0.2, 0) is 9.59 Å². The Kier molecular flexibility index (Phi) is 5.58. The normalized spacial score (nSPS) is 15.7. The fraction of sp³-hybridized carbons (Fsp3) is 0.208. The highest BCUT2D eigenvalue weighted by Gasteiger charge is 2.35. The standard InChI is InChI=1S/C24H23N3O4/c1-15-5-6-16(2)20(12-15)27-14-17(13-22(27)28)23(29)25-18-7-9-19(10-8-18)26-24(30)21-4-3-11-31-21/h3-12,17H,13-14H2,1-2H3,(H,25,29)(H,26,30). The number of rotatable bonds is 5. The van der Waals surface area contributed by atoms with Crippen molar-refractivity contribution in [2.75, 3.05) is 22.1 Å². The third-order valence-electron chi connectivity index (χ3n) is 5.31. The fourth-order valence-electron chi connectivity index (χ4n) is 3.61. The molecule has 7 heteroatoms. The number of benzene rings is 2. The van der Waals surface area contributed by atoms with Crippen LogP contribution in [0.3, 0.4) is 0 Å². The first-order valence-electron chi connectivity index (χ1n) is 10.0. The summed E-state index contributed by atoms with van der Waals surface area (Å²) < 4.78 is 5.06. The van der Waals surface area contributed by atoms with E-state index in [0.717, 1.165) is 16.8 Å². The maximum Gasteiger partial charge on any atom is 0.291 e. The van der Waals surface area contributed by atoms with Crippen molar-refractivity contribution >= 4 is 34.8 Å². The summed E-state index contributed by atoms with van der Waals surface area (Å²) in [6.45, 7) is 4.29. The molecule has 3 aromatic rings. The van der Waals surface area contributed by atoms with Crippen molar-refractivity contribution in [3.63, 3.8) is 0 Å². The Morgan fingerprint density at radius 1 is 1.00 bits per heavy atom. The van der Waals surface area contributed by atoms with Gasteiger partial charge in [0.1, 0.15) is 0 Å². The number of nitrogens with one attached hydrogen (secondary N) is 2. The summed E-state index contributed by atoms with van der Waals surface area (Å²) in [7, 11) is 0. The van der Waals surface area contributed by atoms with E-state index >= 15 is 0 Å². The quantitative estimate of drug-likeness (QED) is 0.653. The molecule has 0 saturated carbocycles. The first-order chi connectivity index (χ1) is 14.9. The SMILES string of the molecule is Cc1ccc(C)c(N2CC(C(=O)Nc3ccc(NC(=O)c4ccco4)cc3)CC2=O)c1. The van der Waals surface area contributed by atoms with Crippen molar-refractivity contribution in [3.8, 4) is 0 Å². The summed E-state index contributed by atoms with van der Waals surface area (Å²) in [4.78, 5) is 39.0. The van der Waals surface area contributed by atoms with Crippen LogP contribution < -0.4 is 15.5 Å². The molecule has 1 unspecified atom stereocenters. The highest BCUT2D eigenvalue weighted by atomic mass is 16.3. The molecule has 1 aromatic heterocycles. The van der Waals surface area contributed by atoms with E-state index in [9.17, 15) is 14.4 Å². The molecule has 2 N–H and O–H groups in total. The Balaban J connectivity index is 1.38. The molecule has 0 radical (unpaired) electrons. The lowest BCUT2D eigenvalue weighted by Gasteiger charge is -2.19. The molecule has 4 rings (SSSR count). The second kappa shape index (κ2) is 8.47. The highest BCUT2D eigenvalue weighted by molar-refractivity contribution is 6.04. The predicted octanol–water partition coefficient (Wildman–Crippen LogP) is 4.14. The van der Waals surface area contributed by atoms with Gasteiger partial charge in [-0.3, -0.25) is 14.4 Å². The molecule has 2 heterocycles. The number of carbonyl (C=O) groups excluding carboxylic acids is 3. The van der Waals surface area contributed by atoms with Gasteiger partial charge >= 0.3 is 0 Å². The van der Waals surface area contributed by atoms with Gasteiger partial charge in [-0.25, -0.2) is 0 Å². The van der Waals surface area contributed by atoms with Gasteiger partial charge in [-0.15, -0.1) is 0 Å². The molecule has 1 fully saturated rings. The second-order valence-electron chi connectivity index (χ2n) is 7.69.